The molecule has 1 fully saturated rings. The summed E-state index contributed by atoms with van der Waals surface area (Å²) in [5.41, 5.74) is 0.891. The Morgan fingerprint density at radius 3 is 2.76 bits per heavy atom. The monoisotopic (exact) mass is 288 g/mol. The molecular weight excluding hydrogens is 272 g/mol. The number of H-pyrrole nitrogens is 1. The molecule has 3 rings (SSSR count). The zero-order chi connectivity index (χ0) is 15.0. The Bertz CT molecular complexity index is 668. The molecule has 0 spiro atoms. The number of ether oxygens (including phenoxy) is 1. The second-order valence-electron chi connectivity index (χ2n) is 5.56. The van der Waals surface area contributed by atoms with E-state index in [1.54, 1.807) is 4.90 Å². The Morgan fingerprint density at radius 2 is 2.10 bits per heavy atom. The predicted molar refractivity (Wildman–Crippen MR) is 76.2 cm³/mol. The number of hydrogen-bond acceptors (Lipinski definition) is 3. The minimum atomic E-state index is -1.00. The lowest BCUT2D eigenvalue weighted by Crippen LogP contribution is -2.63. The summed E-state index contributed by atoms with van der Waals surface area (Å²) in [4.78, 5) is 27.6. The number of hydrogen-bond donors (Lipinski definition) is 2. The average Bonchev–Trinajstić information content (AvgIpc) is 2.85. The van der Waals surface area contributed by atoms with E-state index in [0.717, 1.165) is 10.9 Å². The maximum atomic E-state index is 12.3. The number of nitrogens with zero attached hydrogens (tertiary/aromatic N) is 1. The van der Waals surface area contributed by atoms with Crippen molar-refractivity contribution in [3.8, 4) is 0 Å². The lowest BCUT2D eigenvalue weighted by atomic mass is 9.96. The summed E-state index contributed by atoms with van der Waals surface area (Å²) in [6.45, 7) is 2.26. The Morgan fingerprint density at radius 1 is 1.38 bits per heavy atom. The van der Waals surface area contributed by atoms with Gasteiger partial charge in [-0.25, -0.2) is 4.79 Å². The topological polar surface area (TPSA) is 82.6 Å². The number of fused-ring (bicyclic) bond motifs is 1. The molecule has 6 heteroatoms. The maximum absolute atomic E-state index is 12.3. The van der Waals surface area contributed by atoms with E-state index in [-0.39, 0.29) is 12.5 Å². The third kappa shape index (κ3) is 2.62. The van der Waals surface area contributed by atoms with Crippen molar-refractivity contribution in [2.75, 3.05) is 19.7 Å². The van der Waals surface area contributed by atoms with Gasteiger partial charge in [0.15, 0.2) is 0 Å². The highest BCUT2D eigenvalue weighted by atomic mass is 16.5. The number of carboxylic acids is 1. The van der Waals surface area contributed by atoms with Gasteiger partial charge in [-0.15, -0.1) is 0 Å². The van der Waals surface area contributed by atoms with E-state index in [4.69, 9.17) is 9.84 Å². The number of carbonyl (C=O) groups is 2. The highest BCUT2D eigenvalue weighted by Crippen LogP contribution is 2.27. The Balaban J connectivity index is 1.66. The van der Waals surface area contributed by atoms with Gasteiger partial charge in [-0.3, -0.25) is 4.79 Å². The van der Waals surface area contributed by atoms with Gasteiger partial charge in [-0.05, 0) is 19.1 Å². The molecule has 110 valence electrons. The summed E-state index contributed by atoms with van der Waals surface area (Å²) in [6, 6.07) is 9.52. The second kappa shape index (κ2) is 4.89. The number of benzene rings is 1. The summed E-state index contributed by atoms with van der Waals surface area (Å²) < 4.78 is 5.30. The van der Waals surface area contributed by atoms with Crippen LogP contribution in [0.4, 0.5) is 0 Å². The van der Waals surface area contributed by atoms with E-state index in [0.29, 0.717) is 18.8 Å². The first-order valence-electron chi connectivity index (χ1n) is 6.70. The number of carbonyl (C=O) groups excluding carboxylic acids is 1. The molecule has 0 atom stereocenters. The van der Waals surface area contributed by atoms with E-state index >= 15 is 0 Å². The molecule has 1 amide bonds. The quantitative estimate of drug-likeness (QED) is 0.892. The van der Waals surface area contributed by atoms with Crippen molar-refractivity contribution in [2.24, 2.45) is 0 Å². The van der Waals surface area contributed by atoms with Gasteiger partial charge in [0.05, 0.1) is 13.1 Å². The van der Waals surface area contributed by atoms with Gasteiger partial charge < -0.3 is 19.7 Å². The molecule has 6 nitrogen and oxygen atoms in total. The van der Waals surface area contributed by atoms with Crippen LogP contribution in [0.1, 0.15) is 17.4 Å². The van der Waals surface area contributed by atoms with Crippen molar-refractivity contribution in [3.63, 3.8) is 0 Å². The molecule has 1 aromatic heterocycles. The number of aromatic amines is 1. The molecule has 2 N–H and O–H groups in total. The average molecular weight is 288 g/mol. The summed E-state index contributed by atoms with van der Waals surface area (Å²) >= 11 is 0. The van der Waals surface area contributed by atoms with Gasteiger partial charge in [-0.1, -0.05) is 18.2 Å². The van der Waals surface area contributed by atoms with Crippen LogP contribution < -0.4 is 0 Å². The summed E-state index contributed by atoms with van der Waals surface area (Å²) in [7, 11) is 0. The molecule has 2 heterocycles. The van der Waals surface area contributed by atoms with Gasteiger partial charge in [0.25, 0.3) is 5.91 Å². The molecule has 0 radical (unpaired) electrons. The smallest absolute Gasteiger partial charge is 0.329 e. The molecule has 0 unspecified atom stereocenters. The number of carboxylic acid groups (broad SMARTS) is 1. The van der Waals surface area contributed by atoms with Gasteiger partial charge >= 0.3 is 5.97 Å². The minimum Gasteiger partial charge on any atom is -0.480 e. The van der Waals surface area contributed by atoms with Crippen LogP contribution in [-0.4, -0.2) is 52.2 Å². The first-order valence-corrected chi connectivity index (χ1v) is 6.70. The van der Waals surface area contributed by atoms with Crippen molar-refractivity contribution < 1.29 is 19.4 Å². The minimum absolute atomic E-state index is 0.0948. The van der Waals surface area contributed by atoms with Crippen LogP contribution in [0.5, 0.6) is 0 Å². The van der Waals surface area contributed by atoms with E-state index in [2.05, 4.69) is 4.98 Å². The molecule has 2 aromatic rings. The molecule has 0 aliphatic carbocycles. The van der Waals surface area contributed by atoms with Crippen LogP contribution in [0, 0.1) is 0 Å². The van der Waals surface area contributed by atoms with Crippen LogP contribution in [-0.2, 0) is 9.53 Å². The van der Waals surface area contributed by atoms with Crippen molar-refractivity contribution in [2.45, 2.75) is 12.5 Å². The first kappa shape index (κ1) is 13.6. The van der Waals surface area contributed by atoms with Gasteiger partial charge in [0, 0.05) is 10.9 Å². The zero-order valence-electron chi connectivity index (χ0n) is 11.6. The molecular formula is C15H16N2O4. The number of amides is 1. The molecule has 1 aliphatic heterocycles. The molecule has 0 saturated carbocycles. The lowest BCUT2D eigenvalue weighted by Gasteiger charge is -2.47. The number of aliphatic carboxylic acids is 1. The molecule has 1 aromatic carbocycles. The number of likely N-dealkylation sites (tertiary alicyclic amines) is 1. The van der Waals surface area contributed by atoms with E-state index in [1.807, 2.05) is 37.3 Å². The third-order valence-electron chi connectivity index (χ3n) is 3.64. The molecule has 21 heavy (non-hydrogen) atoms. The Labute approximate surface area is 121 Å². The van der Waals surface area contributed by atoms with Crippen LogP contribution in [0.15, 0.2) is 30.3 Å². The van der Waals surface area contributed by atoms with Crippen molar-refractivity contribution in [1.29, 1.82) is 0 Å². The van der Waals surface area contributed by atoms with Crippen LogP contribution >= 0.6 is 0 Å². The van der Waals surface area contributed by atoms with Crippen molar-refractivity contribution >= 4 is 22.8 Å². The first-order chi connectivity index (χ1) is 9.97. The highest BCUT2D eigenvalue weighted by molar-refractivity contribution is 5.98. The highest BCUT2D eigenvalue weighted by Gasteiger charge is 2.43. The van der Waals surface area contributed by atoms with E-state index in [1.165, 1.54) is 0 Å². The second-order valence-corrected chi connectivity index (χ2v) is 5.56. The normalized spacial score (nSPS) is 16.7. The largest absolute Gasteiger partial charge is 0.480 e. The zero-order valence-corrected chi connectivity index (χ0v) is 11.6. The number of aromatic nitrogens is 1. The van der Waals surface area contributed by atoms with Crippen LogP contribution in [0.3, 0.4) is 0 Å². The van der Waals surface area contributed by atoms with Gasteiger partial charge in [0.2, 0.25) is 0 Å². The Hall–Kier alpha value is -2.34. The number of nitrogens with one attached hydrogen (secondary N) is 1. The van der Waals surface area contributed by atoms with Crippen LogP contribution in [0.25, 0.3) is 10.9 Å². The van der Waals surface area contributed by atoms with Gasteiger partial charge in [0.1, 0.15) is 17.9 Å². The van der Waals surface area contributed by atoms with Gasteiger partial charge in [-0.2, -0.15) is 0 Å². The maximum Gasteiger partial charge on any atom is 0.329 e. The summed E-state index contributed by atoms with van der Waals surface area (Å²) in [5, 5.41) is 9.61. The number of rotatable bonds is 4. The molecule has 1 aliphatic rings. The third-order valence-corrected chi connectivity index (χ3v) is 3.64. The predicted octanol–water partition coefficient (Wildman–Crippen LogP) is 1.48. The SMILES string of the molecule is CC1(OCC(=O)O)CN(C(=O)c2cc3ccccc3[nH]2)C1. The summed E-state index contributed by atoms with van der Waals surface area (Å²) in [6.07, 6.45) is 0. The molecule has 0 bridgehead atoms. The van der Waals surface area contributed by atoms with Crippen molar-refractivity contribution in [1.82, 2.24) is 9.88 Å². The molecule has 1 saturated heterocycles. The van der Waals surface area contributed by atoms with Crippen LogP contribution in [0.2, 0.25) is 0 Å². The lowest BCUT2D eigenvalue weighted by molar-refractivity contribution is -0.159. The fraction of sp³-hybridized carbons (Fsp3) is 0.333. The van der Waals surface area contributed by atoms with E-state index in [9.17, 15) is 9.59 Å². The Kier molecular flexibility index (Phi) is 3.17. The number of para-hydroxylation sites is 1. The summed E-state index contributed by atoms with van der Waals surface area (Å²) in [5.74, 6) is -1.10. The fourth-order valence-electron chi connectivity index (χ4n) is 2.59. The van der Waals surface area contributed by atoms with Crippen molar-refractivity contribution in [3.05, 3.63) is 36.0 Å². The fourth-order valence-corrected chi connectivity index (χ4v) is 2.59. The standard InChI is InChI=1S/C15H16N2O4/c1-15(21-7-13(18)19)8-17(9-15)14(20)12-6-10-4-2-3-5-11(10)16-12/h2-6,16H,7-9H2,1H3,(H,18,19). The van der Waals surface area contributed by atoms with E-state index < -0.39 is 11.6 Å².